The van der Waals surface area contributed by atoms with Crippen LogP contribution >= 0.6 is 0 Å². The van der Waals surface area contributed by atoms with Crippen LogP contribution in [0.25, 0.3) is 0 Å². The van der Waals surface area contributed by atoms with Crippen molar-refractivity contribution in [2.75, 3.05) is 14.2 Å². The summed E-state index contributed by atoms with van der Waals surface area (Å²) in [5.41, 5.74) is 3.29. The number of methoxy groups -OCH3 is 2. The number of ether oxygens (including phenoxy) is 2. The van der Waals surface area contributed by atoms with Gasteiger partial charge in [0.15, 0.2) is 0 Å². The van der Waals surface area contributed by atoms with Gasteiger partial charge < -0.3 is 14.8 Å². The van der Waals surface area contributed by atoms with E-state index in [1.165, 1.54) is 5.56 Å². The van der Waals surface area contributed by atoms with Gasteiger partial charge in [0.25, 0.3) is 0 Å². The molecule has 2 aromatic carbocycles. The van der Waals surface area contributed by atoms with Crippen molar-refractivity contribution in [2.45, 2.75) is 32.7 Å². The van der Waals surface area contributed by atoms with E-state index < -0.39 is 0 Å². The lowest BCUT2D eigenvalue weighted by Crippen LogP contribution is -2.27. The van der Waals surface area contributed by atoms with Crippen LogP contribution in [-0.4, -0.2) is 20.1 Å². The highest BCUT2D eigenvalue weighted by molar-refractivity contribution is 5.76. The predicted octanol–water partition coefficient (Wildman–Crippen LogP) is 3.82. The topological polar surface area (TPSA) is 47.6 Å². The standard InChI is InChI=1S/C20H25NO3/c1-14-7-5-6-8-18(14)15(2)21-20(22)12-9-16-13-17(23-3)10-11-19(16)24-4/h5-8,10-11,13,15H,9,12H2,1-4H3,(H,21,22). The summed E-state index contributed by atoms with van der Waals surface area (Å²) in [6, 6.07) is 13.7. The first-order valence-corrected chi connectivity index (χ1v) is 8.11. The van der Waals surface area contributed by atoms with Gasteiger partial charge in [-0.25, -0.2) is 0 Å². The Morgan fingerprint density at radius 3 is 2.54 bits per heavy atom. The number of hydrogen-bond acceptors (Lipinski definition) is 3. The van der Waals surface area contributed by atoms with Gasteiger partial charge in [0.1, 0.15) is 11.5 Å². The van der Waals surface area contributed by atoms with Gasteiger partial charge in [0.05, 0.1) is 20.3 Å². The number of aryl methyl sites for hydroxylation is 2. The highest BCUT2D eigenvalue weighted by atomic mass is 16.5. The number of amides is 1. The third kappa shape index (κ3) is 4.51. The number of carbonyl (C=O) groups is 1. The van der Waals surface area contributed by atoms with E-state index in [0.29, 0.717) is 12.8 Å². The maximum Gasteiger partial charge on any atom is 0.220 e. The summed E-state index contributed by atoms with van der Waals surface area (Å²) in [5.74, 6) is 1.56. The molecule has 2 rings (SSSR count). The summed E-state index contributed by atoms with van der Waals surface area (Å²) in [4.78, 5) is 12.3. The maximum absolute atomic E-state index is 12.3. The van der Waals surface area contributed by atoms with Gasteiger partial charge >= 0.3 is 0 Å². The van der Waals surface area contributed by atoms with Crippen molar-refractivity contribution >= 4 is 5.91 Å². The lowest BCUT2D eigenvalue weighted by molar-refractivity contribution is -0.121. The minimum absolute atomic E-state index is 0.00842. The SMILES string of the molecule is COc1ccc(OC)c(CCC(=O)NC(C)c2ccccc2C)c1. The van der Waals surface area contributed by atoms with Crippen molar-refractivity contribution in [1.29, 1.82) is 0 Å². The van der Waals surface area contributed by atoms with Crippen molar-refractivity contribution in [3.63, 3.8) is 0 Å². The fourth-order valence-corrected chi connectivity index (χ4v) is 2.79. The number of benzene rings is 2. The molecule has 0 spiro atoms. The summed E-state index contributed by atoms with van der Waals surface area (Å²) in [5, 5.41) is 3.06. The van der Waals surface area contributed by atoms with Gasteiger partial charge in [-0.15, -0.1) is 0 Å². The first-order chi connectivity index (χ1) is 11.5. The minimum atomic E-state index is -0.00842. The van der Waals surface area contributed by atoms with Crippen molar-refractivity contribution in [3.8, 4) is 11.5 Å². The largest absolute Gasteiger partial charge is 0.497 e. The molecule has 0 saturated carbocycles. The average molecular weight is 327 g/mol. The van der Waals surface area contributed by atoms with Crippen LogP contribution in [0.3, 0.4) is 0 Å². The zero-order valence-electron chi connectivity index (χ0n) is 14.8. The third-order valence-corrected chi connectivity index (χ3v) is 4.14. The molecule has 1 N–H and O–H groups in total. The Hall–Kier alpha value is -2.49. The number of rotatable bonds is 7. The lowest BCUT2D eigenvalue weighted by Gasteiger charge is -2.17. The summed E-state index contributed by atoms with van der Waals surface area (Å²) in [6.07, 6.45) is 1.01. The second-order valence-corrected chi connectivity index (χ2v) is 5.82. The second-order valence-electron chi connectivity index (χ2n) is 5.82. The molecule has 128 valence electrons. The van der Waals surface area contributed by atoms with Gasteiger partial charge in [0.2, 0.25) is 5.91 Å². The zero-order valence-corrected chi connectivity index (χ0v) is 14.8. The molecular weight excluding hydrogens is 302 g/mol. The van der Waals surface area contributed by atoms with Crippen LogP contribution in [0, 0.1) is 6.92 Å². The van der Waals surface area contributed by atoms with E-state index in [1.54, 1.807) is 14.2 Å². The molecule has 1 unspecified atom stereocenters. The molecule has 0 fully saturated rings. The Morgan fingerprint density at radius 1 is 1.12 bits per heavy atom. The van der Waals surface area contributed by atoms with E-state index in [2.05, 4.69) is 18.3 Å². The predicted molar refractivity (Wildman–Crippen MR) is 95.6 cm³/mol. The molecule has 0 aromatic heterocycles. The molecule has 1 amide bonds. The Bertz CT molecular complexity index is 697. The van der Waals surface area contributed by atoms with Crippen molar-refractivity contribution in [2.24, 2.45) is 0 Å². The number of carbonyl (C=O) groups excluding carboxylic acids is 1. The first kappa shape index (κ1) is 17.9. The highest BCUT2D eigenvalue weighted by Gasteiger charge is 2.13. The van der Waals surface area contributed by atoms with Crippen molar-refractivity contribution in [3.05, 3.63) is 59.2 Å². The first-order valence-electron chi connectivity index (χ1n) is 8.11. The second kappa shape index (κ2) is 8.39. The normalized spacial score (nSPS) is 11.7. The molecule has 0 heterocycles. The smallest absolute Gasteiger partial charge is 0.220 e. The van der Waals surface area contributed by atoms with Crippen LogP contribution in [0.2, 0.25) is 0 Å². The molecule has 0 bridgehead atoms. The third-order valence-electron chi connectivity index (χ3n) is 4.14. The Balaban J connectivity index is 1.97. The van der Waals surface area contributed by atoms with Gasteiger partial charge in [-0.05, 0) is 55.2 Å². The fourth-order valence-electron chi connectivity index (χ4n) is 2.79. The quantitative estimate of drug-likeness (QED) is 0.841. The van der Waals surface area contributed by atoms with Crippen LogP contribution in [0.15, 0.2) is 42.5 Å². The molecule has 1 atom stereocenters. The molecule has 0 radical (unpaired) electrons. The van der Waals surface area contributed by atoms with E-state index in [-0.39, 0.29) is 11.9 Å². The monoisotopic (exact) mass is 327 g/mol. The van der Waals surface area contributed by atoms with E-state index in [1.807, 2.05) is 43.3 Å². The van der Waals surface area contributed by atoms with E-state index in [0.717, 1.165) is 22.6 Å². The molecule has 0 saturated heterocycles. The maximum atomic E-state index is 12.3. The molecule has 0 aliphatic carbocycles. The van der Waals surface area contributed by atoms with Gasteiger partial charge in [-0.2, -0.15) is 0 Å². The summed E-state index contributed by atoms with van der Waals surface area (Å²) in [6.45, 7) is 4.06. The van der Waals surface area contributed by atoms with Gasteiger partial charge in [-0.1, -0.05) is 24.3 Å². The molecule has 24 heavy (non-hydrogen) atoms. The van der Waals surface area contributed by atoms with Gasteiger partial charge in [0, 0.05) is 6.42 Å². The molecular formula is C20H25NO3. The summed E-state index contributed by atoms with van der Waals surface area (Å²) >= 11 is 0. The van der Waals surface area contributed by atoms with Gasteiger partial charge in [-0.3, -0.25) is 4.79 Å². The van der Waals surface area contributed by atoms with Crippen molar-refractivity contribution < 1.29 is 14.3 Å². The molecule has 0 aliphatic rings. The van der Waals surface area contributed by atoms with Crippen LogP contribution in [0.5, 0.6) is 11.5 Å². The Kier molecular flexibility index (Phi) is 6.24. The highest BCUT2D eigenvalue weighted by Crippen LogP contribution is 2.25. The molecule has 2 aromatic rings. The lowest BCUT2D eigenvalue weighted by atomic mass is 10.0. The minimum Gasteiger partial charge on any atom is -0.497 e. The van der Waals surface area contributed by atoms with E-state index in [4.69, 9.17) is 9.47 Å². The average Bonchev–Trinajstić information content (AvgIpc) is 2.59. The summed E-state index contributed by atoms with van der Waals surface area (Å²) in [7, 11) is 3.26. The van der Waals surface area contributed by atoms with Crippen LogP contribution in [0.1, 0.15) is 36.1 Å². The molecule has 0 aliphatic heterocycles. The Morgan fingerprint density at radius 2 is 1.88 bits per heavy atom. The molecule has 4 nitrogen and oxygen atoms in total. The van der Waals surface area contributed by atoms with Crippen molar-refractivity contribution in [1.82, 2.24) is 5.32 Å². The number of nitrogens with one attached hydrogen (secondary N) is 1. The van der Waals surface area contributed by atoms with E-state index in [9.17, 15) is 4.79 Å². The van der Waals surface area contributed by atoms with Crippen LogP contribution < -0.4 is 14.8 Å². The number of hydrogen-bond donors (Lipinski definition) is 1. The summed E-state index contributed by atoms with van der Waals surface area (Å²) < 4.78 is 10.6. The molecule has 4 heteroatoms. The van der Waals surface area contributed by atoms with Crippen LogP contribution in [0.4, 0.5) is 0 Å². The Labute approximate surface area is 143 Å². The van der Waals surface area contributed by atoms with Crippen LogP contribution in [-0.2, 0) is 11.2 Å². The van der Waals surface area contributed by atoms with E-state index >= 15 is 0 Å². The zero-order chi connectivity index (χ0) is 17.5. The fraction of sp³-hybridized carbons (Fsp3) is 0.350.